The van der Waals surface area contributed by atoms with E-state index in [-0.39, 0.29) is 17.9 Å². The zero-order valence-corrected chi connectivity index (χ0v) is 10.2. The molecule has 1 aromatic rings. The average molecular weight is 277 g/mol. The van der Waals surface area contributed by atoms with Gasteiger partial charge in [0, 0.05) is 6.04 Å². The molecule has 0 aromatic heterocycles. The first-order chi connectivity index (χ1) is 8.76. The van der Waals surface area contributed by atoms with Crippen LogP contribution in [-0.4, -0.2) is 30.5 Å². The van der Waals surface area contributed by atoms with E-state index in [1.165, 1.54) is 6.07 Å². The maximum absolute atomic E-state index is 13.1. The van der Waals surface area contributed by atoms with Crippen molar-refractivity contribution in [2.75, 3.05) is 13.2 Å². The maximum Gasteiger partial charge on any atom is 0.422 e. The number of ether oxygens (including phenoxy) is 2. The molecule has 1 aromatic carbocycles. The van der Waals surface area contributed by atoms with Gasteiger partial charge in [-0.3, -0.25) is 0 Å². The van der Waals surface area contributed by atoms with Gasteiger partial charge >= 0.3 is 6.18 Å². The number of alkyl halides is 3. The molecular weight excluding hydrogens is 263 g/mol. The minimum absolute atomic E-state index is 0.173. The van der Waals surface area contributed by atoms with Gasteiger partial charge in [0.25, 0.3) is 0 Å². The molecular formula is C12H14F3NO3. The van der Waals surface area contributed by atoms with Crippen molar-refractivity contribution in [3.8, 4) is 11.5 Å². The predicted octanol–water partition coefficient (Wildman–Crippen LogP) is 1.55. The van der Waals surface area contributed by atoms with E-state index in [9.17, 15) is 18.3 Å². The van der Waals surface area contributed by atoms with Gasteiger partial charge in [-0.1, -0.05) is 6.07 Å². The molecule has 1 aliphatic rings. The fourth-order valence-electron chi connectivity index (χ4n) is 1.97. The van der Waals surface area contributed by atoms with Gasteiger partial charge in [0.15, 0.2) is 11.5 Å². The number of hydrogen-bond acceptors (Lipinski definition) is 4. The summed E-state index contributed by atoms with van der Waals surface area (Å²) in [5.41, 5.74) is 1.84. The van der Waals surface area contributed by atoms with Gasteiger partial charge in [0.1, 0.15) is 13.2 Å². The molecule has 1 heterocycles. The maximum atomic E-state index is 13.1. The monoisotopic (exact) mass is 277 g/mol. The Hall–Kier alpha value is -1.47. The third-order valence-corrected chi connectivity index (χ3v) is 3.07. The Morgan fingerprint density at radius 2 is 1.79 bits per heavy atom. The molecule has 3 N–H and O–H groups in total. The number of halogens is 3. The lowest BCUT2D eigenvalue weighted by molar-refractivity contribution is -0.272. The summed E-state index contributed by atoms with van der Waals surface area (Å²) in [5, 5.41) is 9.95. The fraction of sp³-hybridized carbons (Fsp3) is 0.500. The minimum atomic E-state index is -4.88. The summed E-state index contributed by atoms with van der Waals surface area (Å²) in [6, 6.07) is 2.08. The molecule has 19 heavy (non-hydrogen) atoms. The zero-order chi connectivity index (χ0) is 14.3. The normalized spacial score (nSPS) is 19.7. The summed E-state index contributed by atoms with van der Waals surface area (Å²) in [4.78, 5) is 0. The van der Waals surface area contributed by atoms with Crippen molar-refractivity contribution < 1.29 is 27.8 Å². The van der Waals surface area contributed by atoms with E-state index in [4.69, 9.17) is 15.2 Å². The van der Waals surface area contributed by atoms with Crippen LogP contribution in [0.3, 0.4) is 0 Å². The zero-order valence-electron chi connectivity index (χ0n) is 10.2. The fourth-order valence-corrected chi connectivity index (χ4v) is 1.97. The van der Waals surface area contributed by atoms with Crippen LogP contribution in [0.5, 0.6) is 11.5 Å². The van der Waals surface area contributed by atoms with Gasteiger partial charge in [0.2, 0.25) is 5.60 Å². The predicted molar refractivity (Wildman–Crippen MR) is 61.0 cm³/mol. The molecule has 0 saturated heterocycles. The molecule has 1 aliphatic heterocycles. The Balaban J connectivity index is 2.49. The van der Waals surface area contributed by atoms with Crippen LogP contribution in [0.2, 0.25) is 0 Å². The second kappa shape index (κ2) is 4.57. The van der Waals surface area contributed by atoms with Gasteiger partial charge in [-0.05, 0) is 24.6 Å². The number of benzene rings is 1. The minimum Gasteiger partial charge on any atom is -0.486 e. The van der Waals surface area contributed by atoms with Crippen molar-refractivity contribution >= 4 is 0 Å². The Morgan fingerprint density at radius 3 is 2.32 bits per heavy atom. The highest BCUT2D eigenvalue weighted by Gasteiger charge is 2.57. The highest BCUT2D eigenvalue weighted by atomic mass is 19.4. The van der Waals surface area contributed by atoms with Crippen molar-refractivity contribution in [3.63, 3.8) is 0 Å². The van der Waals surface area contributed by atoms with Crippen molar-refractivity contribution in [1.82, 2.24) is 0 Å². The van der Waals surface area contributed by atoms with E-state index in [1.807, 2.05) is 0 Å². The molecule has 106 valence electrons. The lowest BCUT2D eigenvalue weighted by atomic mass is 9.86. The molecule has 2 atom stereocenters. The van der Waals surface area contributed by atoms with Crippen LogP contribution >= 0.6 is 0 Å². The highest BCUT2D eigenvalue weighted by Crippen LogP contribution is 2.43. The molecule has 0 saturated carbocycles. The van der Waals surface area contributed by atoms with Crippen LogP contribution in [0.4, 0.5) is 13.2 Å². The van der Waals surface area contributed by atoms with E-state index in [0.717, 1.165) is 19.1 Å². The van der Waals surface area contributed by atoms with Crippen molar-refractivity contribution in [2.45, 2.75) is 24.7 Å². The first-order valence-corrected chi connectivity index (χ1v) is 5.71. The Bertz CT molecular complexity index is 476. The molecule has 2 rings (SSSR count). The van der Waals surface area contributed by atoms with Crippen LogP contribution in [0.1, 0.15) is 12.5 Å². The summed E-state index contributed by atoms with van der Waals surface area (Å²) < 4.78 is 49.6. The number of hydrogen-bond donors (Lipinski definition) is 2. The highest BCUT2D eigenvalue weighted by molar-refractivity contribution is 5.46. The topological polar surface area (TPSA) is 64.7 Å². The van der Waals surface area contributed by atoms with E-state index in [0.29, 0.717) is 12.4 Å². The Labute approximate surface area is 107 Å². The van der Waals surface area contributed by atoms with Crippen LogP contribution in [-0.2, 0) is 5.60 Å². The van der Waals surface area contributed by atoms with Crippen LogP contribution < -0.4 is 15.2 Å². The van der Waals surface area contributed by atoms with Gasteiger partial charge in [-0.2, -0.15) is 13.2 Å². The Morgan fingerprint density at radius 1 is 1.21 bits per heavy atom. The van der Waals surface area contributed by atoms with Crippen LogP contribution in [0.15, 0.2) is 18.2 Å². The third kappa shape index (κ3) is 2.23. The molecule has 0 spiro atoms. The van der Waals surface area contributed by atoms with E-state index in [1.54, 1.807) is 0 Å². The number of rotatable bonds is 2. The quantitative estimate of drug-likeness (QED) is 0.861. The van der Waals surface area contributed by atoms with Crippen molar-refractivity contribution in [1.29, 1.82) is 0 Å². The van der Waals surface area contributed by atoms with E-state index >= 15 is 0 Å². The van der Waals surface area contributed by atoms with Crippen LogP contribution in [0.25, 0.3) is 0 Å². The van der Waals surface area contributed by atoms with Gasteiger partial charge in [-0.15, -0.1) is 0 Å². The summed E-state index contributed by atoms with van der Waals surface area (Å²) in [6.45, 7) is 1.69. The smallest absolute Gasteiger partial charge is 0.422 e. The van der Waals surface area contributed by atoms with Crippen LogP contribution in [0, 0.1) is 0 Å². The number of fused-ring (bicyclic) bond motifs is 1. The SMILES string of the molecule is CC(N)C(O)(c1ccc2c(c1)OCCO2)C(F)(F)F. The Kier molecular flexibility index (Phi) is 3.36. The van der Waals surface area contributed by atoms with Gasteiger partial charge < -0.3 is 20.3 Å². The molecule has 7 heteroatoms. The van der Waals surface area contributed by atoms with E-state index < -0.39 is 17.8 Å². The summed E-state index contributed by atoms with van der Waals surface area (Å²) in [7, 11) is 0. The molecule has 0 amide bonds. The summed E-state index contributed by atoms with van der Waals surface area (Å²) in [5.74, 6) is 0.524. The molecule has 0 radical (unpaired) electrons. The third-order valence-electron chi connectivity index (χ3n) is 3.07. The average Bonchev–Trinajstić information content (AvgIpc) is 2.35. The van der Waals surface area contributed by atoms with Crippen molar-refractivity contribution in [2.24, 2.45) is 5.73 Å². The number of nitrogens with two attached hydrogens (primary N) is 1. The second-order valence-electron chi connectivity index (χ2n) is 4.41. The molecule has 0 fully saturated rings. The first kappa shape index (κ1) is 14.0. The molecule has 0 aliphatic carbocycles. The lowest BCUT2D eigenvalue weighted by Crippen LogP contribution is -2.54. The van der Waals surface area contributed by atoms with E-state index in [2.05, 4.69) is 0 Å². The lowest BCUT2D eigenvalue weighted by Gasteiger charge is -2.34. The molecule has 0 bridgehead atoms. The van der Waals surface area contributed by atoms with Gasteiger partial charge in [0.05, 0.1) is 0 Å². The molecule has 4 nitrogen and oxygen atoms in total. The number of aliphatic hydroxyl groups is 1. The van der Waals surface area contributed by atoms with Crippen molar-refractivity contribution in [3.05, 3.63) is 23.8 Å². The second-order valence-corrected chi connectivity index (χ2v) is 4.41. The summed E-state index contributed by atoms with van der Waals surface area (Å²) in [6.07, 6.45) is -4.88. The standard InChI is InChI=1S/C12H14F3NO3/c1-7(16)11(17,12(13,14)15)8-2-3-9-10(6-8)19-5-4-18-9/h2-3,6-7,17H,4-5,16H2,1H3. The first-order valence-electron chi connectivity index (χ1n) is 5.71. The summed E-state index contributed by atoms with van der Waals surface area (Å²) >= 11 is 0. The van der Waals surface area contributed by atoms with Gasteiger partial charge in [-0.25, -0.2) is 0 Å². The molecule has 2 unspecified atom stereocenters. The largest absolute Gasteiger partial charge is 0.486 e.